The van der Waals surface area contributed by atoms with E-state index in [9.17, 15) is 0 Å². The smallest absolute Gasteiger partial charge is 0.315 e. The molecule has 150 valence electrons. The lowest BCUT2D eigenvalue weighted by Crippen LogP contribution is -2.36. The van der Waals surface area contributed by atoms with E-state index < -0.39 is 0 Å². The highest BCUT2D eigenvalue weighted by Gasteiger charge is 2.15. The van der Waals surface area contributed by atoms with Crippen LogP contribution in [0.5, 0.6) is 0 Å². The van der Waals surface area contributed by atoms with Crippen molar-refractivity contribution in [1.29, 1.82) is 0 Å². The van der Waals surface area contributed by atoms with Gasteiger partial charge in [-0.2, -0.15) is 0 Å². The van der Waals surface area contributed by atoms with Gasteiger partial charge in [0.25, 0.3) is 0 Å². The van der Waals surface area contributed by atoms with Crippen molar-refractivity contribution >= 4 is 18.4 Å². The first-order valence-electron chi connectivity index (χ1n) is 9.41. The molecule has 28 heavy (non-hydrogen) atoms. The monoisotopic (exact) mass is 404 g/mol. The molecule has 0 bridgehead atoms. The molecule has 2 aromatic heterocycles. The van der Waals surface area contributed by atoms with Crippen LogP contribution in [0.25, 0.3) is 22.8 Å². The van der Waals surface area contributed by atoms with E-state index in [4.69, 9.17) is 13.6 Å². The van der Waals surface area contributed by atoms with Gasteiger partial charge < -0.3 is 18.9 Å². The van der Waals surface area contributed by atoms with Crippen LogP contribution < -0.4 is 5.32 Å². The van der Waals surface area contributed by atoms with Crippen LogP contribution in [0, 0.1) is 0 Å². The van der Waals surface area contributed by atoms with E-state index in [0.717, 1.165) is 69.1 Å². The van der Waals surface area contributed by atoms with Crippen molar-refractivity contribution in [3.05, 3.63) is 42.7 Å². The molecule has 3 heterocycles. The molecule has 0 unspecified atom stereocenters. The molecule has 8 heteroatoms. The fraction of sp³-hybridized carbons (Fsp3) is 0.400. The van der Waals surface area contributed by atoms with Crippen LogP contribution in [0.15, 0.2) is 51.5 Å². The van der Waals surface area contributed by atoms with Crippen LogP contribution in [0.3, 0.4) is 0 Å². The Labute approximate surface area is 170 Å². The first-order valence-corrected chi connectivity index (χ1v) is 9.41. The van der Waals surface area contributed by atoms with Gasteiger partial charge in [-0.05, 0) is 37.6 Å². The third-order valence-corrected chi connectivity index (χ3v) is 4.65. The summed E-state index contributed by atoms with van der Waals surface area (Å²) in [4.78, 5) is 2.44. The molecule has 1 aliphatic rings. The second kappa shape index (κ2) is 10.3. The summed E-state index contributed by atoms with van der Waals surface area (Å²) in [6, 6.07) is 12.1. The molecule has 1 saturated heterocycles. The number of anilines is 1. The van der Waals surface area contributed by atoms with Gasteiger partial charge in [0.2, 0.25) is 5.89 Å². The number of hydrogen-bond acceptors (Lipinski definition) is 7. The molecule has 1 aliphatic heterocycles. The van der Waals surface area contributed by atoms with Gasteiger partial charge in [0.1, 0.15) is 5.76 Å². The Bertz CT molecular complexity index is 832. The molecule has 4 rings (SSSR count). The number of benzene rings is 1. The summed E-state index contributed by atoms with van der Waals surface area (Å²) < 4.78 is 16.7. The third-order valence-electron chi connectivity index (χ3n) is 4.65. The molecule has 1 aromatic carbocycles. The number of nitrogens with zero attached hydrogens (tertiary/aromatic N) is 3. The van der Waals surface area contributed by atoms with Gasteiger partial charge in [0, 0.05) is 30.8 Å². The Morgan fingerprint density at radius 1 is 0.964 bits per heavy atom. The molecule has 0 amide bonds. The molecular weight excluding hydrogens is 380 g/mol. The molecular formula is C20H25ClN4O3. The molecule has 0 aliphatic carbocycles. The number of furan rings is 1. The van der Waals surface area contributed by atoms with E-state index in [1.165, 1.54) is 0 Å². The van der Waals surface area contributed by atoms with Gasteiger partial charge >= 0.3 is 6.01 Å². The Morgan fingerprint density at radius 2 is 1.79 bits per heavy atom. The highest BCUT2D eigenvalue weighted by Crippen LogP contribution is 2.31. The summed E-state index contributed by atoms with van der Waals surface area (Å²) in [5.41, 5.74) is 1.79. The molecule has 3 aromatic rings. The van der Waals surface area contributed by atoms with Gasteiger partial charge in [0.05, 0.1) is 19.5 Å². The van der Waals surface area contributed by atoms with Crippen molar-refractivity contribution in [2.24, 2.45) is 0 Å². The first kappa shape index (κ1) is 20.4. The average molecular weight is 405 g/mol. The number of rotatable bonds is 8. The second-order valence-corrected chi connectivity index (χ2v) is 6.52. The topological polar surface area (TPSA) is 76.6 Å². The van der Waals surface area contributed by atoms with Gasteiger partial charge in [-0.25, -0.2) is 0 Å². The predicted octanol–water partition coefficient (Wildman–Crippen LogP) is 3.94. The van der Waals surface area contributed by atoms with E-state index in [-0.39, 0.29) is 12.4 Å². The average Bonchev–Trinajstić information content (AvgIpc) is 3.41. The molecule has 1 fully saturated rings. The maximum atomic E-state index is 5.80. The number of unbranched alkanes of at least 4 members (excludes halogenated alkanes) is 1. The molecule has 0 saturated carbocycles. The minimum Gasteiger partial charge on any atom is -0.464 e. The van der Waals surface area contributed by atoms with Gasteiger partial charge in [-0.15, -0.1) is 17.5 Å². The highest BCUT2D eigenvalue weighted by molar-refractivity contribution is 5.85. The zero-order valence-electron chi connectivity index (χ0n) is 15.7. The summed E-state index contributed by atoms with van der Waals surface area (Å²) >= 11 is 0. The van der Waals surface area contributed by atoms with Gasteiger partial charge in [-0.3, -0.25) is 4.90 Å². The van der Waals surface area contributed by atoms with Crippen molar-refractivity contribution in [3.8, 4) is 22.8 Å². The lowest BCUT2D eigenvalue weighted by atomic mass is 10.1. The number of nitrogens with one attached hydrogen (secondary N) is 1. The predicted molar refractivity (Wildman–Crippen MR) is 110 cm³/mol. The quantitative estimate of drug-likeness (QED) is 0.569. The normalized spacial score (nSPS) is 14.6. The minimum atomic E-state index is 0. The summed E-state index contributed by atoms with van der Waals surface area (Å²) in [7, 11) is 0. The van der Waals surface area contributed by atoms with Crippen LogP contribution in [0.1, 0.15) is 12.8 Å². The lowest BCUT2D eigenvalue weighted by Gasteiger charge is -2.26. The van der Waals surface area contributed by atoms with Crippen LogP contribution in [-0.2, 0) is 4.74 Å². The maximum absolute atomic E-state index is 5.80. The standard InChI is InChI=1S/C20H24N4O3.ClH/c1-2-7-17(16(6-1)18-8-5-13-26-18)19-22-23-20(27-19)21-9-3-4-10-24-11-14-25-15-12-24;/h1-2,5-8,13H,3-4,9-12,14-15H2,(H,21,23);1H. The largest absolute Gasteiger partial charge is 0.464 e. The molecule has 0 radical (unpaired) electrons. The lowest BCUT2D eigenvalue weighted by molar-refractivity contribution is 0.0373. The Hall–Kier alpha value is -2.35. The number of halogens is 1. The fourth-order valence-electron chi connectivity index (χ4n) is 3.20. The van der Waals surface area contributed by atoms with Crippen molar-refractivity contribution in [3.63, 3.8) is 0 Å². The summed E-state index contributed by atoms with van der Waals surface area (Å²) in [5.74, 6) is 1.26. The SMILES string of the molecule is Cl.c1coc(-c2ccccc2-c2nnc(NCCCCN3CCOCC3)o2)c1. The Morgan fingerprint density at radius 3 is 2.57 bits per heavy atom. The zero-order valence-corrected chi connectivity index (χ0v) is 16.5. The Kier molecular flexibility index (Phi) is 7.47. The molecule has 0 atom stereocenters. The number of hydrogen-bond donors (Lipinski definition) is 1. The number of ether oxygens (including phenoxy) is 1. The van der Waals surface area contributed by atoms with E-state index in [1.54, 1.807) is 6.26 Å². The van der Waals surface area contributed by atoms with E-state index in [0.29, 0.717) is 11.9 Å². The van der Waals surface area contributed by atoms with E-state index in [1.807, 2.05) is 36.4 Å². The van der Waals surface area contributed by atoms with Crippen molar-refractivity contribution in [1.82, 2.24) is 15.1 Å². The number of morpholine rings is 1. The van der Waals surface area contributed by atoms with Crippen molar-refractivity contribution < 1.29 is 13.6 Å². The van der Waals surface area contributed by atoms with Crippen LogP contribution in [0.2, 0.25) is 0 Å². The van der Waals surface area contributed by atoms with Crippen LogP contribution >= 0.6 is 12.4 Å². The van der Waals surface area contributed by atoms with Crippen LogP contribution in [-0.4, -0.2) is 54.5 Å². The van der Waals surface area contributed by atoms with E-state index >= 15 is 0 Å². The van der Waals surface area contributed by atoms with Crippen molar-refractivity contribution in [2.75, 3.05) is 44.7 Å². The first-order chi connectivity index (χ1) is 13.4. The zero-order chi connectivity index (χ0) is 18.3. The summed E-state index contributed by atoms with van der Waals surface area (Å²) in [5, 5.41) is 11.5. The van der Waals surface area contributed by atoms with Crippen molar-refractivity contribution in [2.45, 2.75) is 12.8 Å². The highest BCUT2D eigenvalue weighted by atomic mass is 35.5. The minimum absolute atomic E-state index is 0. The Balaban J connectivity index is 0.00000225. The van der Waals surface area contributed by atoms with Gasteiger partial charge in [0.15, 0.2) is 0 Å². The maximum Gasteiger partial charge on any atom is 0.315 e. The molecule has 7 nitrogen and oxygen atoms in total. The molecule has 1 N–H and O–H groups in total. The van der Waals surface area contributed by atoms with Gasteiger partial charge in [-0.1, -0.05) is 23.3 Å². The second-order valence-electron chi connectivity index (χ2n) is 6.52. The number of aromatic nitrogens is 2. The summed E-state index contributed by atoms with van der Waals surface area (Å²) in [6.07, 6.45) is 3.84. The molecule has 0 spiro atoms. The van der Waals surface area contributed by atoms with Crippen LogP contribution in [0.4, 0.5) is 6.01 Å². The van der Waals surface area contributed by atoms with E-state index in [2.05, 4.69) is 20.4 Å². The summed E-state index contributed by atoms with van der Waals surface area (Å²) in [6.45, 7) is 5.69. The fourth-order valence-corrected chi connectivity index (χ4v) is 3.20. The third kappa shape index (κ3) is 5.13.